The summed E-state index contributed by atoms with van der Waals surface area (Å²) >= 11 is 0. The van der Waals surface area contributed by atoms with E-state index in [-0.39, 0.29) is 5.41 Å². The van der Waals surface area contributed by atoms with Gasteiger partial charge in [0, 0.05) is 29.2 Å². The van der Waals surface area contributed by atoms with E-state index in [0.717, 1.165) is 28.5 Å². The smallest absolute Gasteiger partial charge is 0.168 e. The fourth-order valence-corrected chi connectivity index (χ4v) is 3.22. The summed E-state index contributed by atoms with van der Waals surface area (Å²) in [7, 11) is 0. The number of hydrogen-bond acceptors (Lipinski definition) is 3. The fourth-order valence-electron chi connectivity index (χ4n) is 3.22. The molecule has 0 amide bonds. The molecule has 0 bridgehead atoms. The Hall–Kier alpha value is -3.27. The Kier molecular flexibility index (Phi) is 4.55. The van der Waals surface area contributed by atoms with Crippen LogP contribution in [0.1, 0.15) is 31.9 Å². The molecule has 0 atom stereocenters. The largest absolute Gasteiger partial charge is 0.275 e. The predicted octanol–water partition coefficient (Wildman–Crippen LogP) is 5.60. The monoisotopic (exact) mass is 368 g/mol. The molecule has 0 spiro atoms. The van der Waals surface area contributed by atoms with Crippen LogP contribution < -0.4 is 0 Å². The van der Waals surface area contributed by atoms with Crippen molar-refractivity contribution in [2.24, 2.45) is 0 Å². The fraction of sp³-hybridized carbons (Fsp3) is 0.208. The van der Waals surface area contributed by atoms with Crippen LogP contribution >= 0.6 is 0 Å². The molecule has 4 nitrogen and oxygen atoms in total. The summed E-state index contributed by atoms with van der Waals surface area (Å²) < 4.78 is 2.11. The molecule has 0 radical (unpaired) electrons. The van der Waals surface area contributed by atoms with E-state index in [1.54, 1.807) is 12.4 Å². The average Bonchev–Trinajstić information content (AvgIpc) is 3.14. The van der Waals surface area contributed by atoms with Crippen molar-refractivity contribution in [2.45, 2.75) is 33.1 Å². The number of pyridine rings is 1. The second-order valence-electron chi connectivity index (χ2n) is 8.08. The van der Waals surface area contributed by atoms with Gasteiger partial charge in [-0.05, 0) is 42.2 Å². The van der Waals surface area contributed by atoms with Crippen molar-refractivity contribution in [2.75, 3.05) is 0 Å². The number of aromatic nitrogens is 4. The maximum Gasteiger partial charge on any atom is 0.168 e. The maximum atomic E-state index is 4.55. The van der Waals surface area contributed by atoms with Gasteiger partial charge in [-0.25, -0.2) is 0 Å². The summed E-state index contributed by atoms with van der Waals surface area (Å²) in [5.74, 6) is 1.64. The molecule has 0 saturated heterocycles. The molecule has 0 unspecified atom stereocenters. The number of rotatable bonds is 3. The Balaban J connectivity index is 1.88. The molecule has 0 aliphatic carbocycles. The van der Waals surface area contributed by atoms with E-state index in [2.05, 4.69) is 96.0 Å². The van der Waals surface area contributed by atoms with Crippen LogP contribution in [0.3, 0.4) is 0 Å². The van der Waals surface area contributed by atoms with Gasteiger partial charge < -0.3 is 0 Å². The van der Waals surface area contributed by atoms with Crippen LogP contribution in [-0.4, -0.2) is 19.7 Å². The normalized spacial score (nSPS) is 11.6. The highest BCUT2D eigenvalue weighted by atomic mass is 15.3. The Morgan fingerprint density at radius 2 is 1.21 bits per heavy atom. The molecule has 0 fully saturated rings. The highest BCUT2D eigenvalue weighted by Crippen LogP contribution is 2.30. The van der Waals surface area contributed by atoms with Gasteiger partial charge in [0.15, 0.2) is 11.6 Å². The van der Waals surface area contributed by atoms with Crippen LogP contribution in [0.25, 0.3) is 28.5 Å². The Morgan fingerprint density at radius 3 is 1.75 bits per heavy atom. The van der Waals surface area contributed by atoms with Crippen molar-refractivity contribution in [3.8, 4) is 28.5 Å². The first-order valence-electron chi connectivity index (χ1n) is 9.47. The van der Waals surface area contributed by atoms with E-state index in [9.17, 15) is 0 Å². The summed E-state index contributed by atoms with van der Waals surface area (Å²) in [6.07, 6.45) is 3.56. The van der Waals surface area contributed by atoms with Crippen molar-refractivity contribution in [3.05, 3.63) is 84.2 Å². The molecule has 2 aromatic carbocycles. The van der Waals surface area contributed by atoms with Gasteiger partial charge in [-0.15, -0.1) is 10.2 Å². The van der Waals surface area contributed by atoms with E-state index in [1.165, 1.54) is 11.1 Å². The van der Waals surface area contributed by atoms with Crippen molar-refractivity contribution in [3.63, 3.8) is 0 Å². The van der Waals surface area contributed by atoms with Crippen LogP contribution in [0.2, 0.25) is 0 Å². The number of aryl methyl sites for hydroxylation is 1. The molecule has 0 aliphatic rings. The van der Waals surface area contributed by atoms with Gasteiger partial charge in [0.1, 0.15) is 0 Å². The van der Waals surface area contributed by atoms with Crippen LogP contribution in [0, 0.1) is 6.92 Å². The molecule has 2 heterocycles. The van der Waals surface area contributed by atoms with Gasteiger partial charge in [0.05, 0.1) is 0 Å². The molecule has 4 rings (SSSR count). The van der Waals surface area contributed by atoms with Gasteiger partial charge in [-0.1, -0.05) is 62.7 Å². The summed E-state index contributed by atoms with van der Waals surface area (Å²) in [5, 5.41) is 9.06. The van der Waals surface area contributed by atoms with Gasteiger partial charge >= 0.3 is 0 Å². The standard InChI is InChI=1S/C24H24N4/c1-17-5-11-21(12-6-17)28-22(18-7-9-20(10-8-18)24(2,3)4)26-27-23(28)19-13-15-25-16-14-19/h5-16H,1-4H3. The highest BCUT2D eigenvalue weighted by molar-refractivity contribution is 5.66. The molecule has 140 valence electrons. The topological polar surface area (TPSA) is 43.6 Å². The summed E-state index contributed by atoms with van der Waals surface area (Å²) in [6, 6.07) is 21.0. The first kappa shape index (κ1) is 18.1. The SMILES string of the molecule is Cc1ccc(-n2c(-c3ccncc3)nnc2-c2ccc(C(C)(C)C)cc2)cc1. The molecule has 0 aliphatic heterocycles. The van der Waals surface area contributed by atoms with Gasteiger partial charge in [-0.3, -0.25) is 9.55 Å². The van der Waals surface area contributed by atoms with Crippen LogP contribution in [-0.2, 0) is 5.41 Å². The Labute approximate surface area is 165 Å². The number of benzene rings is 2. The van der Waals surface area contributed by atoms with E-state index in [4.69, 9.17) is 0 Å². The van der Waals surface area contributed by atoms with E-state index >= 15 is 0 Å². The maximum absolute atomic E-state index is 4.55. The zero-order chi connectivity index (χ0) is 19.7. The molecule has 0 saturated carbocycles. The first-order chi connectivity index (χ1) is 13.4. The molecule has 4 aromatic rings. The van der Waals surface area contributed by atoms with Crippen LogP contribution in [0.4, 0.5) is 0 Å². The van der Waals surface area contributed by atoms with E-state index in [1.807, 2.05) is 12.1 Å². The molecular formula is C24H24N4. The lowest BCUT2D eigenvalue weighted by molar-refractivity contribution is 0.590. The minimum Gasteiger partial charge on any atom is -0.275 e. The van der Waals surface area contributed by atoms with Gasteiger partial charge in [0.25, 0.3) is 0 Å². The van der Waals surface area contributed by atoms with E-state index in [0.29, 0.717) is 0 Å². The summed E-state index contributed by atoms with van der Waals surface area (Å²) in [4.78, 5) is 4.13. The summed E-state index contributed by atoms with van der Waals surface area (Å²) in [5.41, 5.74) is 5.70. The van der Waals surface area contributed by atoms with Crippen molar-refractivity contribution >= 4 is 0 Å². The van der Waals surface area contributed by atoms with Crippen molar-refractivity contribution in [1.82, 2.24) is 19.7 Å². The molecule has 2 aromatic heterocycles. The third kappa shape index (κ3) is 3.46. The third-order valence-electron chi connectivity index (χ3n) is 4.90. The minimum absolute atomic E-state index is 0.116. The Bertz CT molecular complexity index is 1070. The van der Waals surface area contributed by atoms with Gasteiger partial charge in [0.2, 0.25) is 0 Å². The third-order valence-corrected chi connectivity index (χ3v) is 4.90. The number of hydrogen-bond donors (Lipinski definition) is 0. The van der Waals surface area contributed by atoms with E-state index < -0.39 is 0 Å². The summed E-state index contributed by atoms with van der Waals surface area (Å²) in [6.45, 7) is 8.75. The zero-order valence-electron chi connectivity index (χ0n) is 16.7. The average molecular weight is 368 g/mol. The molecule has 0 N–H and O–H groups in total. The quantitative estimate of drug-likeness (QED) is 0.472. The predicted molar refractivity (Wildman–Crippen MR) is 113 cm³/mol. The minimum atomic E-state index is 0.116. The van der Waals surface area contributed by atoms with Crippen molar-refractivity contribution < 1.29 is 0 Å². The second-order valence-corrected chi connectivity index (χ2v) is 8.08. The molecule has 4 heteroatoms. The van der Waals surface area contributed by atoms with Crippen LogP contribution in [0.5, 0.6) is 0 Å². The molecule has 28 heavy (non-hydrogen) atoms. The first-order valence-corrected chi connectivity index (χ1v) is 9.47. The van der Waals surface area contributed by atoms with Crippen LogP contribution in [0.15, 0.2) is 73.1 Å². The lowest BCUT2D eigenvalue weighted by Crippen LogP contribution is -2.10. The van der Waals surface area contributed by atoms with Gasteiger partial charge in [-0.2, -0.15) is 0 Å². The lowest BCUT2D eigenvalue weighted by atomic mass is 9.86. The second kappa shape index (κ2) is 7.04. The lowest BCUT2D eigenvalue weighted by Gasteiger charge is -2.19. The highest BCUT2D eigenvalue weighted by Gasteiger charge is 2.18. The number of nitrogens with zero attached hydrogens (tertiary/aromatic N) is 4. The molecular weight excluding hydrogens is 344 g/mol. The Morgan fingerprint density at radius 1 is 0.679 bits per heavy atom. The zero-order valence-corrected chi connectivity index (χ0v) is 16.7. The van der Waals surface area contributed by atoms with Crippen molar-refractivity contribution in [1.29, 1.82) is 0 Å².